The maximum atomic E-state index is 13.6. The highest BCUT2D eigenvalue weighted by Gasteiger charge is 2.38. The summed E-state index contributed by atoms with van der Waals surface area (Å²) in [6.07, 6.45) is 1.71. The van der Waals surface area contributed by atoms with Crippen molar-refractivity contribution in [2.24, 2.45) is 17.8 Å². The molecule has 2 amide bonds. The van der Waals surface area contributed by atoms with E-state index in [-0.39, 0.29) is 22.1 Å². The lowest BCUT2D eigenvalue weighted by Crippen LogP contribution is -2.37. The number of aliphatic imine (C=N–C) groups is 1. The van der Waals surface area contributed by atoms with Crippen molar-refractivity contribution in [3.63, 3.8) is 0 Å². The normalized spacial score (nSPS) is 15.9. The predicted octanol–water partition coefficient (Wildman–Crippen LogP) is 3.21. The Balaban J connectivity index is 1.87. The van der Waals surface area contributed by atoms with Gasteiger partial charge in [-0.3, -0.25) is 19.1 Å². The number of rotatable bonds is 5. The molecule has 1 unspecified atom stereocenters. The summed E-state index contributed by atoms with van der Waals surface area (Å²) in [5, 5.41) is 1.55. The molecule has 0 bridgehead atoms. The number of para-hydroxylation sites is 1. The molecule has 8 nitrogen and oxygen atoms in total. The third-order valence-corrected chi connectivity index (χ3v) is 7.47. The molecular formula is C23H23N5O3S2. The summed E-state index contributed by atoms with van der Waals surface area (Å²) >= 11 is 2.55. The van der Waals surface area contributed by atoms with Gasteiger partial charge in [0.2, 0.25) is 5.91 Å². The number of thiophene rings is 1. The van der Waals surface area contributed by atoms with Gasteiger partial charge in [-0.05, 0) is 56.0 Å². The van der Waals surface area contributed by atoms with Gasteiger partial charge in [-0.15, -0.1) is 11.3 Å². The van der Waals surface area contributed by atoms with E-state index in [0.29, 0.717) is 11.4 Å². The molecule has 0 saturated carbocycles. The van der Waals surface area contributed by atoms with Crippen LogP contribution in [0.2, 0.25) is 0 Å². The lowest BCUT2D eigenvalue weighted by molar-refractivity contribution is -0.117. The zero-order chi connectivity index (χ0) is 23.9. The maximum Gasteiger partial charge on any atom is 0.296 e. The van der Waals surface area contributed by atoms with Gasteiger partial charge in [0, 0.05) is 11.9 Å². The third-order valence-electron chi connectivity index (χ3n) is 5.43. The highest BCUT2D eigenvalue weighted by Crippen LogP contribution is 2.32. The maximum absolute atomic E-state index is 13.6. The van der Waals surface area contributed by atoms with Crippen LogP contribution < -0.4 is 16.2 Å². The van der Waals surface area contributed by atoms with Crippen LogP contribution in [0.25, 0.3) is 11.8 Å². The second kappa shape index (κ2) is 8.87. The van der Waals surface area contributed by atoms with Gasteiger partial charge in [0.1, 0.15) is 11.4 Å². The van der Waals surface area contributed by atoms with E-state index in [0.717, 1.165) is 22.2 Å². The van der Waals surface area contributed by atoms with Gasteiger partial charge >= 0.3 is 0 Å². The van der Waals surface area contributed by atoms with Crippen LogP contribution in [0.5, 0.6) is 0 Å². The summed E-state index contributed by atoms with van der Waals surface area (Å²) in [5.74, 6) is -0.957. The van der Waals surface area contributed by atoms with E-state index < -0.39 is 17.1 Å². The number of aryl methyl sites for hydroxylation is 1. The van der Waals surface area contributed by atoms with Crippen LogP contribution in [0.15, 0.2) is 57.3 Å². The second-order valence-electron chi connectivity index (χ2n) is 7.60. The highest BCUT2D eigenvalue weighted by atomic mass is 32.2. The number of carbonyl (C=O) groups is 2. The Morgan fingerprint density at radius 2 is 1.88 bits per heavy atom. The van der Waals surface area contributed by atoms with E-state index in [1.165, 1.54) is 20.9 Å². The smallest absolute Gasteiger partial charge is 0.296 e. The van der Waals surface area contributed by atoms with Crippen LogP contribution in [0.4, 0.5) is 5.69 Å². The summed E-state index contributed by atoms with van der Waals surface area (Å²) < 4.78 is 3.20. The monoisotopic (exact) mass is 481 g/mol. The fourth-order valence-electron chi connectivity index (χ4n) is 3.46. The molecule has 0 spiro atoms. The van der Waals surface area contributed by atoms with Crippen molar-refractivity contribution in [1.29, 1.82) is 0 Å². The van der Waals surface area contributed by atoms with Crippen LogP contribution in [0, 0.1) is 13.8 Å². The Bertz CT molecular complexity index is 1360. The Kier molecular flexibility index (Phi) is 6.13. The molecule has 3 heterocycles. The van der Waals surface area contributed by atoms with Gasteiger partial charge in [-0.2, -0.15) is 0 Å². The molecule has 2 N–H and O–H groups in total. The van der Waals surface area contributed by atoms with E-state index in [2.05, 4.69) is 4.99 Å². The molecule has 0 aliphatic carbocycles. The number of hydrogen-bond donors (Lipinski definition) is 1. The topological polar surface area (TPSA) is 103 Å². The molecule has 1 atom stereocenters. The van der Waals surface area contributed by atoms with Crippen LogP contribution in [0.1, 0.15) is 23.1 Å². The minimum absolute atomic E-state index is 0.195. The average molecular weight is 482 g/mol. The van der Waals surface area contributed by atoms with Gasteiger partial charge < -0.3 is 5.73 Å². The Hall–Kier alpha value is -3.37. The number of nitrogens with zero attached hydrogens (tertiary/aromatic N) is 4. The molecule has 1 aromatic carbocycles. The van der Waals surface area contributed by atoms with Gasteiger partial charge in [0.05, 0.1) is 16.6 Å². The van der Waals surface area contributed by atoms with E-state index >= 15 is 0 Å². The predicted molar refractivity (Wildman–Crippen MR) is 134 cm³/mol. The van der Waals surface area contributed by atoms with Crippen molar-refractivity contribution in [3.05, 3.63) is 74.0 Å². The number of hydrogen-bond acceptors (Lipinski definition) is 6. The van der Waals surface area contributed by atoms with Gasteiger partial charge in [-0.1, -0.05) is 30.0 Å². The van der Waals surface area contributed by atoms with Crippen LogP contribution in [-0.2, 0) is 16.6 Å². The number of benzene rings is 1. The van der Waals surface area contributed by atoms with E-state index in [1.54, 1.807) is 31.7 Å². The minimum atomic E-state index is -0.637. The summed E-state index contributed by atoms with van der Waals surface area (Å²) in [6.45, 7) is 5.37. The zero-order valence-corrected chi connectivity index (χ0v) is 20.2. The summed E-state index contributed by atoms with van der Waals surface area (Å²) in [6, 6.07) is 11.1. The number of amidine groups is 1. The largest absolute Gasteiger partial charge is 0.369 e. The van der Waals surface area contributed by atoms with Gasteiger partial charge in [-0.25, -0.2) is 14.6 Å². The van der Waals surface area contributed by atoms with Crippen molar-refractivity contribution in [2.75, 3.05) is 4.90 Å². The first-order chi connectivity index (χ1) is 15.7. The molecule has 4 rings (SSSR count). The molecule has 0 fully saturated rings. The first-order valence-corrected chi connectivity index (χ1v) is 12.0. The Morgan fingerprint density at radius 1 is 1.18 bits per heavy atom. The number of amides is 2. The molecule has 10 heteroatoms. The number of primary amides is 1. The standard InChI is InChI=1S/C23H23N5O3S2/c1-13-10-11-32-18(13)12-17-21(30)27(23(25-17)33-15(3)20(24)29)19-14(2)26(4)28(22(19)31)16-8-6-5-7-9-16/h5-12,15H,1-4H3,(H2,24,29)/b17-12-. The summed E-state index contributed by atoms with van der Waals surface area (Å²) in [7, 11) is 1.76. The van der Waals surface area contributed by atoms with Crippen molar-refractivity contribution < 1.29 is 9.59 Å². The first kappa shape index (κ1) is 22.8. The van der Waals surface area contributed by atoms with Crippen molar-refractivity contribution in [2.45, 2.75) is 26.0 Å². The zero-order valence-electron chi connectivity index (χ0n) is 18.6. The van der Waals surface area contributed by atoms with Crippen molar-refractivity contribution in [3.8, 4) is 5.69 Å². The van der Waals surface area contributed by atoms with Crippen molar-refractivity contribution in [1.82, 2.24) is 9.36 Å². The quantitative estimate of drug-likeness (QED) is 0.565. The average Bonchev–Trinajstić information content (AvgIpc) is 3.38. The fraction of sp³-hybridized carbons (Fsp3) is 0.217. The second-order valence-corrected chi connectivity index (χ2v) is 9.86. The van der Waals surface area contributed by atoms with Crippen molar-refractivity contribution >= 4 is 51.8 Å². The number of thioether (sulfide) groups is 1. The van der Waals surface area contributed by atoms with Crippen LogP contribution in [0.3, 0.4) is 0 Å². The highest BCUT2D eigenvalue weighted by molar-refractivity contribution is 8.15. The summed E-state index contributed by atoms with van der Waals surface area (Å²) in [5.41, 5.74) is 7.79. The Labute approximate surface area is 199 Å². The Morgan fingerprint density at radius 3 is 2.48 bits per heavy atom. The fourth-order valence-corrected chi connectivity index (χ4v) is 5.17. The van der Waals surface area contributed by atoms with E-state index in [9.17, 15) is 14.4 Å². The molecule has 1 aliphatic heterocycles. The molecule has 0 saturated heterocycles. The number of carbonyl (C=O) groups excluding carboxylic acids is 2. The molecule has 1 aliphatic rings. The lowest BCUT2D eigenvalue weighted by Gasteiger charge is -2.17. The molecule has 170 valence electrons. The minimum Gasteiger partial charge on any atom is -0.369 e. The third kappa shape index (κ3) is 4.07. The molecule has 2 aromatic heterocycles. The number of nitrogens with two attached hydrogens (primary N) is 1. The summed E-state index contributed by atoms with van der Waals surface area (Å²) in [4.78, 5) is 45.5. The van der Waals surface area contributed by atoms with Gasteiger partial charge in [0.25, 0.3) is 11.5 Å². The van der Waals surface area contributed by atoms with E-state index in [4.69, 9.17) is 5.73 Å². The molecule has 33 heavy (non-hydrogen) atoms. The van der Waals surface area contributed by atoms with Crippen LogP contribution in [-0.4, -0.2) is 31.6 Å². The molecule has 3 aromatic rings. The van der Waals surface area contributed by atoms with E-state index in [1.807, 2.05) is 48.7 Å². The number of aromatic nitrogens is 2. The van der Waals surface area contributed by atoms with Gasteiger partial charge in [0.15, 0.2) is 5.17 Å². The lowest BCUT2D eigenvalue weighted by atomic mass is 10.2. The first-order valence-electron chi connectivity index (χ1n) is 10.2. The molecule has 0 radical (unpaired) electrons. The molecular weight excluding hydrogens is 458 g/mol. The SMILES string of the molecule is Cc1ccsc1/C=C1\N=C(SC(C)C(N)=O)N(c2c(C)n(C)n(-c3ccccc3)c2=O)C1=O. The number of anilines is 1. The van der Waals surface area contributed by atoms with Crippen LogP contribution >= 0.6 is 23.1 Å².